The minimum absolute atomic E-state index is 0.468. The molecule has 2 atom stereocenters. The van der Waals surface area contributed by atoms with Crippen molar-refractivity contribution in [1.29, 1.82) is 0 Å². The van der Waals surface area contributed by atoms with E-state index in [9.17, 15) is 9.35 Å². The maximum absolute atomic E-state index is 10.6. The Morgan fingerprint density at radius 3 is 2.33 bits per heavy atom. The van der Waals surface area contributed by atoms with Crippen LogP contribution in [-0.2, 0) is 16.0 Å². The molecule has 2 unspecified atom stereocenters. The van der Waals surface area contributed by atoms with Gasteiger partial charge in [-0.15, -0.1) is 0 Å². The molecule has 0 radical (unpaired) electrons. The van der Waals surface area contributed by atoms with Gasteiger partial charge >= 0.3 is 0 Å². The molecule has 54 valence electrons. The lowest BCUT2D eigenvalue weighted by Crippen LogP contribution is -2.34. The molecule has 3 nitrogen and oxygen atoms in total. The normalized spacial score (nSPS) is 16.8. The molecule has 0 aliphatic heterocycles. The van der Waals surface area contributed by atoms with Gasteiger partial charge in [-0.05, 0) is 11.2 Å². The van der Waals surface area contributed by atoms with E-state index < -0.39 is 22.3 Å². The summed E-state index contributed by atoms with van der Waals surface area (Å²) in [4.78, 5) is 10.4. The van der Waals surface area contributed by atoms with Crippen molar-refractivity contribution in [3.63, 3.8) is 0 Å². The van der Waals surface area contributed by atoms with E-state index in [1.807, 2.05) is 0 Å². The zero-order valence-electron chi connectivity index (χ0n) is 5.59. The molecule has 9 heavy (non-hydrogen) atoms. The number of hydrogen-bond acceptors (Lipinski definition) is 2. The van der Waals surface area contributed by atoms with Gasteiger partial charge in [0, 0.05) is 6.42 Å². The van der Waals surface area contributed by atoms with Crippen molar-refractivity contribution >= 4 is 17.1 Å². The Kier molecular flexibility index (Phi) is 3.65. The largest absolute Gasteiger partial charge is 0.616 e. The molecule has 0 aliphatic rings. The summed E-state index contributed by atoms with van der Waals surface area (Å²) in [6.07, 6.45) is 2.04. The van der Waals surface area contributed by atoms with Crippen molar-refractivity contribution in [3.8, 4) is 0 Å². The second-order valence-corrected chi connectivity index (χ2v) is 3.36. The van der Waals surface area contributed by atoms with Crippen molar-refractivity contribution < 1.29 is 9.35 Å². The number of amides is 1. The maximum atomic E-state index is 10.6. The SMILES string of the molecule is CCC(C(N)=O)[S+](C)[O-]. The number of rotatable bonds is 3. The second-order valence-electron chi connectivity index (χ2n) is 1.80. The number of primary amides is 1. The van der Waals surface area contributed by atoms with Crippen LogP contribution in [-0.4, -0.2) is 22.0 Å². The summed E-state index contributed by atoms with van der Waals surface area (Å²) in [6.45, 7) is 1.79. The minimum Gasteiger partial charge on any atom is -0.616 e. The van der Waals surface area contributed by atoms with Crippen molar-refractivity contribution in [2.24, 2.45) is 5.73 Å². The van der Waals surface area contributed by atoms with Gasteiger partial charge in [-0.25, -0.2) is 0 Å². The van der Waals surface area contributed by atoms with Gasteiger partial charge in [-0.3, -0.25) is 4.79 Å². The average Bonchev–Trinajstić information content (AvgIpc) is 1.64. The highest BCUT2D eigenvalue weighted by Gasteiger charge is 2.21. The van der Waals surface area contributed by atoms with E-state index in [-0.39, 0.29) is 0 Å². The summed E-state index contributed by atoms with van der Waals surface area (Å²) in [7, 11) is 0. The lowest BCUT2D eigenvalue weighted by Gasteiger charge is -2.12. The first-order valence-corrected chi connectivity index (χ1v) is 4.33. The van der Waals surface area contributed by atoms with Crippen molar-refractivity contribution in [1.82, 2.24) is 0 Å². The molecule has 0 saturated heterocycles. The predicted molar refractivity (Wildman–Crippen MR) is 37.3 cm³/mol. The molecule has 0 saturated carbocycles. The Morgan fingerprint density at radius 2 is 2.33 bits per heavy atom. The fourth-order valence-electron chi connectivity index (χ4n) is 0.599. The third-order valence-corrected chi connectivity index (χ3v) is 2.46. The Morgan fingerprint density at radius 1 is 1.89 bits per heavy atom. The van der Waals surface area contributed by atoms with E-state index >= 15 is 0 Å². The molecule has 1 amide bonds. The van der Waals surface area contributed by atoms with Gasteiger partial charge in [-0.1, -0.05) is 6.92 Å². The van der Waals surface area contributed by atoms with Crippen LogP contribution in [0, 0.1) is 0 Å². The summed E-state index contributed by atoms with van der Waals surface area (Å²) < 4.78 is 10.6. The van der Waals surface area contributed by atoms with E-state index in [1.54, 1.807) is 6.92 Å². The molecule has 0 aliphatic carbocycles. The molecule has 0 heterocycles. The van der Waals surface area contributed by atoms with Crippen LogP contribution in [0.25, 0.3) is 0 Å². The predicted octanol–water partition coefficient (Wildman–Crippen LogP) is -0.371. The van der Waals surface area contributed by atoms with Gasteiger partial charge < -0.3 is 10.3 Å². The highest BCUT2D eigenvalue weighted by atomic mass is 32.2. The van der Waals surface area contributed by atoms with Gasteiger partial charge in [0.15, 0.2) is 5.25 Å². The number of carbonyl (C=O) groups is 1. The molecule has 2 N–H and O–H groups in total. The quantitative estimate of drug-likeness (QED) is 0.556. The Balaban J connectivity index is 3.83. The van der Waals surface area contributed by atoms with Gasteiger partial charge in [0.2, 0.25) is 0 Å². The first kappa shape index (κ1) is 8.78. The summed E-state index contributed by atoms with van der Waals surface area (Å²) in [5.41, 5.74) is 4.92. The van der Waals surface area contributed by atoms with E-state index in [0.717, 1.165) is 0 Å². The van der Waals surface area contributed by atoms with Crippen LogP contribution in [0.2, 0.25) is 0 Å². The molecule has 0 spiro atoms. The lowest BCUT2D eigenvalue weighted by atomic mass is 10.3. The van der Waals surface area contributed by atoms with Crippen LogP contribution >= 0.6 is 0 Å². The Labute approximate surface area is 57.8 Å². The fourth-order valence-corrected chi connectivity index (χ4v) is 1.40. The van der Waals surface area contributed by atoms with Crippen molar-refractivity contribution in [3.05, 3.63) is 0 Å². The summed E-state index contributed by atoms with van der Waals surface area (Å²) in [6, 6.07) is 0. The van der Waals surface area contributed by atoms with Gasteiger partial charge in [0.05, 0.1) is 6.26 Å². The summed E-state index contributed by atoms with van der Waals surface area (Å²) >= 11 is -1.11. The Hall–Kier alpha value is -0.220. The molecule has 0 bridgehead atoms. The topological polar surface area (TPSA) is 66.2 Å². The number of carbonyl (C=O) groups excluding carboxylic acids is 1. The zero-order valence-corrected chi connectivity index (χ0v) is 6.40. The molecule has 0 aromatic rings. The molecule has 0 fully saturated rings. The average molecular weight is 149 g/mol. The number of hydrogen-bond donors (Lipinski definition) is 1. The highest BCUT2D eigenvalue weighted by Crippen LogP contribution is 2.01. The Bertz CT molecular complexity index is 105. The number of nitrogens with two attached hydrogens (primary N) is 1. The van der Waals surface area contributed by atoms with Crippen LogP contribution in [0.3, 0.4) is 0 Å². The highest BCUT2D eigenvalue weighted by molar-refractivity contribution is 7.92. The standard InChI is InChI=1S/C5H11NO2S/c1-3-4(5(6)7)9(2)8/h4H,3H2,1-2H3,(H2,6,7). The van der Waals surface area contributed by atoms with Crippen LogP contribution in [0.15, 0.2) is 0 Å². The monoisotopic (exact) mass is 149 g/mol. The summed E-state index contributed by atoms with van der Waals surface area (Å²) in [5.74, 6) is -0.474. The third kappa shape index (κ3) is 2.72. The van der Waals surface area contributed by atoms with Crippen molar-refractivity contribution in [2.75, 3.05) is 6.26 Å². The van der Waals surface area contributed by atoms with Gasteiger partial charge in [-0.2, -0.15) is 0 Å². The first-order valence-electron chi connectivity index (χ1n) is 2.71. The molecule has 4 heteroatoms. The molecule has 0 aromatic heterocycles. The third-order valence-electron chi connectivity index (χ3n) is 1.09. The minimum atomic E-state index is -1.11. The smallest absolute Gasteiger partial charge is 0.270 e. The summed E-state index contributed by atoms with van der Waals surface area (Å²) in [5, 5.41) is -0.468. The first-order chi connectivity index (χ1) is 4.09. The fraction of sp³-hybridized carbons (Fsp3) is 0.800. The van der Waals surface area contributed by atoms with Gasteiger partial charge in [0.1, 0.15) is 0 Å². The van der Waals surface area contributed by atoms with Gasteiger partial charge in [0.25, 0.3) is 5.91 Å². The van der Waals surface area contributed by atoms with E-state index in [2.05, 4.69) is 0 Å². The van der Waals surface area contributed by atoms with Crippen LogP contribution in [0.5, 0.6) is 0 Å². The molecular weight excluding hydrogens is 138 g/mol. The lowest BCUT2D eigenvalue weighted by molar-refractivity contribution is -0.117. The van der Waals surface area contributed by atoms with Crippen LogP contribution in [0.1, 0.15) is 13.3 Å². The van der Waals surface area contributed by atoms with E-state index in [1.165, 1.54) is 6.26 Å². The van der Waals surface area contributed by atoms with Crippen molar-refractivity contribution in [2.45, 2.75) is 18.6 Å². The maximum Gasteiger partial charge on any atom is 0.270 e. The molecule has 0 aromatic carbocycles. The van der Waals surface area contributed by atoms with E-state index in [4.69, 9.17) is 5.73 Å². The second kappa shape index (κ2) is 3.74. The molecule has 0 rings (SSSR count). The van der Waals surface area contributed by atoms with E-state index in [0.29, 0.717) is 6.42 Å². The van der Waals surface area contributed by atoms with Crippen LogP contribution < -0.4 is 5.73 Å². The van der Waals surface area contributed by atoms with Crippen LogP contribution in [0.4, 0.5) is 0 Å². The molecular formula is C5H11NO2S. The zero-order chi connectivity index (χ0) is 7.44.